The first-order chi connectivity index (χ1) is 39.6. The molecule has 0 N–H and O–H groups in total. The second-order valence-corrected chi connectivity index (χ2v) is 20.1. The average molecular weight is 1210 g/mol. The summed E-state index contributed by atoms with van der Waals surface area (Å²) in [7, 11) is 0. The van der Waals surface area contributed by atoms with Crippen molar-refractivity contribution in [3.8, 4) is 123 Å². The standard InChI is InChI=1S/C76H48N3O.Ir/c1-50-25-39-69-70-41-44-79-75(76(70)80-74(69)45-50)58-38-40-68(71(49-58)55-28-26-52(27-29-55)51-15-3-2-4-16-51)67-22-10-9-21-66(67)61-47-59(64-19-7-5-17-62(64)53-30-34-56(35-31-53)72-23-11-13-42-77-72)46-60(48-61)65-20-8-6-18-63(65)54-32-36-57(37-33-54)73-24-12-14-43-78-73;/h2-34,36,39-49H,1H3;/q-3;+3. The Morgan fingerprint density at radius 2 is 0.790 bits per heavy atom. The minimum absolute atomic E-state index is 0. The molecule has 0 atom stereocenters. The number of aromatic nitrogens is 3. The monoisotopic (exact) mass is 1210 g/mol. The number of pyridine rings is 3. The van der Waals surface area contributed by atoms with Gasteiger partial charge in [-0.1, -0.05) is 203 Å². The van der Waals surface area contributed by atoms with Gasteiger partial charge in [-0.05, 0) is 116 Å². The third kappa shape index (κ3) is 9.91. The summed E-state index contributed by atoms with van der Waals surface area (Å²) in [5.41, 5.74) is 25.5. The second kappa shape index (κ2) is 22.1. The fourth-order valence-corrected chi connectivity index (χ4v) is 11.1. The van der Waals surface area contributed by atoms with Crippen LogP contribution in [0.4, 0.5) is 0 Å². The van der Waals surface area contributed by atoms with E-state index in [1.165, 1.54) is 5.56 Å². The van der Waals surface area contributed by atoms with Crippen LogP contribution in [0.1, 0.15) is 5.56 Å². The third-order valence-corrected chi connectivity index (χ3v) is 15.1. The summed E-state index contributed by atoms with van der Waals surface area (Å²) in [6.45, 7) is 2.09. The van der Waals surface area contributed by atoms with Crippen molar-refractivity contribution in [3.05, 3.63) is 297 Å². The average Bonchev–Trinajstić information content (AvgIpc) is 3.99. The minimum Gasteiger partial charge on any atom is -0.464 e. The van der Waals surface area contributed by atoms with Gasteiger partial charge in [0.2, 0.25) is 0 Å². The summed E-state index contributed by atoms with van der Waals surface area (Å²) in [5.74, 6) is 0. The van der Waals surface area contributed by atoms with E-state index in [1.807, 2.05) is 61.1 Å². The van der Waals surface area contributed by atoms with Crippen molar-refractivity contribution in [3.63, 3.8) is 0 Å². The molecule has 0 saturated carbocycles. The molecule has 0 fully saturated rings. The fraction of sp³-hybridized carbons (Fsp3) is 0.0132. The molecule has 14 aromatic rings. The summed E-state index contributed by atoms with van der Waals surface area (Å²) in [6, 6.07) is 101. The third-order valence-electron chi connectivity index (χ3n) is 15.1. The molecule has 4 nitrogen and oxygen atoms in total. The van der Waals surface area contributed by atoms with Crippen molar-refractivity contribution in [2.45, 2.75) is 6.92 Å². The molecule has 14 rings (SSSR count). The first-order valence-corrected chi connectivity index (χ1v) is 26.9. The van der Waals surface area contributed by atoms with Crippen LogP contribution in [0.15, 0.2) is 278 Å². The number of fused-ring (bicyclic) bond motifs is 3. The number of nitrogens with zero attached hydrogens (tertiary/aromatic N) is 3. The van der Waals surface area contributed by atoms with E-state index in [-0.39, 0.29) is 20.1 Å². The largest absolute Gasteiger partial charge is 3.00 e. The van der Waals surface area contributed by atoms with Crippen LogP contribution < -0.4 is 0 Å². The van der Waals surface area contributed by atoms with Crippen LogP contribution in [-0.4, -0.2) is 15.0 Å². The second-order valence-electron chi connectivity index (χ2n) is 20.1. The van der Waals surface area contributed by atoms with E-state index >= 15 is 0 Å². The molecular formula is C76H48IrN3O. The molecule has 0 aliphatic rings. The Balaban J connectivity index is 0.00000618. The Morgan fingerprint density at radius 3 is 1.33 bits per heavy atom. The molecule has 382 valence electrons. The molecular weight excluding hydrogens is 1160 g/mol. The van der Waals surface area contributed by atoms with Crippen LogP contribution in [0.2, 0.25) is 0 Å². The van der Waals surface area contributed by atoms with E-state index in [1.54, 1.807) is 0 Å². The molecule has 10 aromatic carbocycles. The maximum Gasteiger partial charge on any atom is 3.00 e. The van der Waals surface area contributed by atoms with Gasteiger partial charge in [-0.15, -0.1) is 83.4 Å². The van der Waals surface area contributed by atoms with E-state index in [4.69, 9.17) is 9.40 Å². The zero-order valence-electron chi connectivity index (χ0n) is 44.1. The van der Waals surface area contributed by atoms with Crippen LogP contribution in [-0.2, 0) is 20.1 Å². The summed E-state index contributed by atoms with van der Waals surface area (Å²) in [5, 5.41) is 2.09. The summed E-state index contributed by atoms with van der Waals surface area (Å²) in [4.78, 5) is 14.2. The van der Waals surface area contributed by atoms with E-state index in [2.05, 4.69) is 247 Å². The summed E-state index contributed by atoms with van der Waals surface area (Å²) < 4.78 is 6.65. The van der Waals surface area contributed by atoms with Crippen LogP contribution in [0, 0.1) is 25.1 Å². The van der Waals surface area contributed by atoms with Gasteiger partial charge >= 0.3 is 20.1 Å². The molecule has 0 bridgehead atoms. The maximum absolute atomic E-state index is 6.65. The summed E-state index contributed by atoms with van der Waals surface area (Å²) in [6.07, 6.45) is 5.52. The first kappa shape index (κ1) is 50.6. The van der Waals surface area contributed by atoms with Crippen LogP contribution in [0.3, 0.4) is 0 Å². The fourth-order valence-electron chi connectivity index (χ4n) is 11.1. The molecule has 0 unspecified atom stereocenters. The van der Waals surface area contributed by atoms with E-state index in [9.17, 15) is 0 Å². The van der Waals surface area contributed by atoms with Gasteiger partial charge in [0.15, 0.2) is 0 Å². The number of furan rings is 1. The van der Waals surface area contributed by atoms with Crippen molar-refractivity contribution >= 4 is 21.9 Å². The topological polar surface area (TPSA) is 51.8 Å². The van der Waals surface area contributed by atoms with Gasteiger partial charge in [-0.2, -0.15) is 0 Å². The molecule has 0 aliphatic carbocycles. The predicted molar refractivity (Wildman–Crippen MR) is 328 cm³/mol. The van der Waals surface area contributed by atoms with Gasteiger partial charge in [-0.3, -0.25) is 0 Å². The molecule has 0 amide bonds. The van der Waals surface area contributed by atoms with E-state index < -0.39 is 0 Å². The Labute approximate surface area is 485 Å². The van der Waals surface area contributed by atoms with Crippen molar-refractivity contribution in [2.24, 2.45) is 0 Å². The summed E-state index contributed by atoms with van der Waals surface area (Å²) >= 11 is 0. The van der Waals surface area contributed by atoms with Gasteiger partial charge in [0.1, 0.15) is 11.2 Å². The van der Waals surface area contributed by atoms with Gasteiger partial charge in [-0.25, -0.2) is 0 Å². The molecule has 4 heterocycles. The van der Waals surface area contributed by atoms with Crippen molar-refractivity contribution in [1.29, 1.82) is 0 Å². The van der Waals surface area contributed by atoms with Crippen molar-refractivity contribution in [2.75, 3.05) is 0 Å². The number of hydrogen-bond donors (Lipinski definition) is 0. The zero-order chi connectivity index (χ0) is 53.4. The Hall–Kier alpha value is -9.90. The van der Waals surface area contributed by atoms with Crippen molar-refractivity contribution < 1.29 is 24.5 Å². The Bertz CT molecular complexity index is 4410. The number of benzene rings is 10. The van der Waals surface area contributed by atoms with Gasteiger partial charge in [0.25, 0.3) is 0 Å². The van der Waals surface area contributed by atoms with Gasteiger partial charge in [0, 0.05) is 35.1 Å². The molecule has 5 heteroatoms. The van der Waals surface area contributed by atoms with Crippen LogP contribution >= 0.6 is 0 Å². The van der Waals surface area contributed by atoms with E-state index in [0.717, 1.165) is 145 Å². The quantitative estimate of drug-likeness (QED) is 0.121. The molecule has 0 spiro atoms. The molecule has 0 radical (unpaired) electrons. The smallest absolute Gasteiger partial charge is 0.464 e. The van der Waals surface area contributed by atoms with Crippen molar-refractivity contribution in [1.82, 2.24) is 15.0 Å². The number of aryl methyl sites for hydroxylation is 1. The molecule has 4 aromatic heterocycles. The van der Waals surface area contributed by atoms with Gasteiger partial charge in [0.05, 0.1) is 0 Å². The predicted octanol–water partition coefficient (Wildman–Crippen LogP) is 19.8. The zero-order valence-corrected chi connectivity index (χ0v) is 46.5. The van der Waals surface area contributed by atoms with E-state index in [0.29, 0.717) is 0 Å². The molecule has 0 aliphatic heterocycles. The molecule has 0 saturated heterocycles. The first-order valence-electron chi connectivity index (χ1n) is 26.9. The number of hydrogen-bond acceptors (Lipinski definition) is 4. The van der Waals surface area contributed by atoms with Crippen LogP contribution in [0.25, 0.3) is 145 Å². The SMILES string of the molecule is Cc1ccc2c(c1)oc1c(-c3[c-]cc(-c4ccccc4-c4cc(-c5ccccc5-c5c[c-]c(-c6ccccn6)cc5)cc(-c5ccccc5-c5c[c-]c(-c6ccccn6)cc5)c4)c(-c4ccc(-c5ccccc5)cc4)c3)nccc12.[Ir+3]. The number of rotatable bonds is 11. The van der Waals surface area contributed by atoms with Gasteiger partial charge < -0.3 is 19.4 Å². The van der Waals surface area contributed by atoms with Crippen LogP contribution in [0.5, 0.6) is 0 Å². The minimum atomic E-state index is 0. The maximum atomic E-state index is 6.65. The Kier molecular flexibility index (Phi) is 13.8. The molecule has 81 heavy (non-hydrogen) atoms. The Morgan fingerprint density at radius 1 is 0.309 bits per heavy atom. The normalized spacial score (nSPS) is 11.2.